The summed E-state index contributed by atoms with van der Waals surface area (Å²) in [5, 5.41) is 25.2. The molecular formula is C31H55N3O5S. The number of fused-ring (bicyclic) bond motifs is 5. The highest BCUT2D eigenvalue weighted by molar-refractivity contribution is 7.87. The Bertz CT molecular complexity index is 1020. The molecule has 1 saturated heterocycles. The number of carbonyl (C=O) groups excluding carboxylic acids is 1. The summed E-state index contributed by atoms with van der Waals surface area (Å²) in [6.45, 7) is 10.9. The number of urea groups is 1. The maximum Gasteiger partial charge on any atom is 0.329 e. The Labute approximate surface area is 242 Å². The molecule has 5 rings (SSSR count). The van der Waals surface area contributed by atoms with Gasteiger partial charge in [-0.3, -0.25) is 0 Å². The molecule has 4 saturated carbocycles. The van der Waals surface area contributed by atoms with Crippen LogP contribution in [0.4, 0.5) is 4.79 Å². The number of aliphatic hydroxyl groups excluding tert-OH is 2. The molecule has 2 amide bonds. The number of piperidine rings is 1. The topological polar surface area (TPSA) is 119 Å². The van der Waals surface area contributed by atoms with Crippen molar-refractivity contribution < 1.29 is 23.4 Å². The fourth-order valence-electron chi connectivity index (χ4n) is 10.9. The van der Waals surface area contributed by atoms with E-state index in [0.717, 1.165) is 70.6 Å². The molecule has 0 spiro atoms. The number of hydrogen-bond acceptors (Lipinski definition) is 5. The Balaban J connectivity index is 1.21. The standard InChI is InChI=1S/C31H55N3O5S/c1-5-22-26-19-21(35)11-14-31(26,4)25-12-15-30(3)23(9-10-24(30)27(25)28(22)36)20(2)13-16-32-29(37)33-40(38,39)34-17-7-6-8-18-34/h20-28,35-36H,5-19H2,1-4H3,(H2,32,33,37)/t20-,21-,22-,23-,24+,25+,26+,27+,28-,30-,31-/m1/s1. The molecule has 8 nitrogen and oxygen atoms in total. The molecule has 1 heterocycles. The van der Waals surface area contributed by atoms with E-state index in [2.05, 4.69) is 37.7 Å². The van der Waals surface area contributed by atoms with Crippen molar-refractivity contribution in [1.29, 1.82) is 0 Å². The molecule has 11 atom stereocenters. The van der Waals surface area contributed by atoms with Gasteiger partial charge in [0.1, 0.15) is 0 Å². The summed E-state index contributed by atoms with van der Waals surface area (Å²) >= 11 is 0. The van der Waals surface area contributed by atoms with Gasteiger partial charge in [0.15, 0.2) is 0 Å². The lowest BCUT2D eigenvalue weighted by molar-refractivity contribution is -0.203. The maximum absolute atomic E-state index is 12.5. The van der Waals surface area contributed by atoms with Crippen molar-refractivity contribution in [2.24, 2.45) is 52.3 Å². The maximum atomic E-state index is 12.5. The minimum atomic E-state index is -3.78. The molecule has 0 aromatic heterocycles. The predicted octanol–water partition coefficient (Wildman–Crippen LogP) is 4.67. The molecule has 40 heavy (non-hydrogen) atoms. The summed E-state index contributed by atoms with van der Waals surface area (Å²) in [6, 6.07) is -0.634. The Morgan fingerprint density at radius 1 is 0.975 bits per heavy atom. The van der Waals surface area contributed by atoms with Crippen LogP contribution in [0.5, 0.6) is 0 Å². The Kier molecular flexibility index (Phi) is 8.90. The SMILES string of the molecule is CC[C@H]1[C@@H](O)[C@@H]2[C@H](CC[C@]3(C)[C@@H]([C@H](C)CCNC(=O)NS(=O)(=O)N4CCCCC4)CC[C@@H]23)[C@@]2(C)CC[C@@H](O)C[C@@H]12. The fraction of sp³-hybridized carbons (Fsp3) is 0.968. The second-order valence-corrected chi connectivity index (χ2v) is 16.4. The zero-order valence-electron chi connectivity index (χ0n) is 25.3. The molecule has 0 radical (unpaired) electrons. The Hall–Kier alpha value is -0.900. The molecular weight excluding hydrogens is 526 g/mol. The summed E-state index contributed by atoms with van der Waals surface area (Å²) in [7, 11) is -3.78. The lowest BCUT2D eigenvalue weighted by Gasteiger charge is -2.64. The van der Waals surface area contributed by atoms with Crippen LogP contribution in [-0.4, -0.2) is 60.8 Å². The highest BCUT2D eigenvalue weighted by atomic mass is 32.2. The molecule has 5 fully saturated rings. The molecule has 9 heteroatoms. The van der Waals surface area contributed by atoms with Gasteiger partial charge in [0.2, 0.25) is 0 Å². The van der Waals surface area contributed by atoms with Gasteiger partial charge in [0.05, 0.1) is 12.2 Å². The van der Waals surface area contributed by atoms with E-state index in [9.17, 15) is 23.4 Å². The molecule has 4 aliphatic carbocycles. The Morgan fingerprint density at radius 2 is 1.65 bits per heavy atom. The van der Waals surface area contributed by atoms with Crippen LogP contribution in [0, 0.1) is 52.3 Å². The van der Waals surface area contributed by atoms with Crippen molar-refractivity contribution in [3.63, 3.8) is 0 Å². The van der Waals surface area contributed by atoms with E-state index < -0.39 is 16.2 Å². The van der Waals surface area contributed by atoms with Gasteiger partial charge < -0.3 is 15.5 Å². The minimum Gasteiger partial charge on any atom is -0.393 e. The molecule has 230 valence electrons. The van der Waals surface area contributed by atoms with Gasteiger partial charge in [-0.2, -0.15) is 12.7 Å². The van der Waals surface area contributed by atoms with Gasteiger partial charge >= 0.3 is 16.2 Å². The van der Waals surface area contributed by atoms with Crippen molar-refractivity contribution in [3.05, 3.63) is 0 Å². The lowest BCUT2D eigenvalue weighted by Crippen LogP contribution is -2.62. The average molecular weight is 582 g/mol. The third-order valence-corrected chi connectivity index (χ3v) is 14.4. The van der Waals surface area contributed by atoms with Crippen LogP contribution in [0.1, 0.15) is 105 Å². The van der Waals surface area contributed by atoms with Gasteiger partial charge in [-0.25, -0.2) is 9.52 Å². The summed E-state index contributed by atoms with van der Waals surface area (Å²) < 4.78 is 28.6. The first kappa shape index (κ1) is 30.6. The summed E-state index contributed by atoms with van der Waals surface area (Å²) in [6.07, 6.45) is 11.5. The van der Waals surface area contributed by atoms with E-state index in [1.54, 1.807) is 0 Å². The van der Waals surface area contributed by atoms with E-state index in [0.29, 0.717) is 55.1 Å². The lowest BCUT2D eigenvalue weighted by atomic mass is 9.41. The molecule has 1 aliphatic heterocycles. The number of hydrogen-bond donors (Lipinski definition) is 4. The van der Waals surface area contributed by atoms with Crippen LogP contribution in [0.2, 0.25) is 0 Å². The summed E-state index contributed by atoms with van der Waals surface area (Å²) in [5.41, 5.74) is 0.387. The predicted molar refractivity (Wildman–Crippen MR) is 156 cm³/mol. The number of nitrogens with one attached hydrogen (secondary N) is 2. The van der Waals surface area contributed by atoms with E-state index in [1.165, 1.54) is 10.7 Å². The Morgan fingerprint density at radius 3 is 2.35 bits per heavy atom. The number of rotatable bonds is 7. The zero-order chi connectivity index (χ0) is 28.9. The highest BCUT2D eigenvalue weighted by Crippen LogP contribution is 2.69. The van der Waals surface area contributed by atoms with Gasteiger partial charge in [-0.1, -0.05) is 40.5 Å². The van der Waals surface area contributed by atoms with Crippen LogP contribution in [0.25, 0.3) is 0 Å². The number of amides is 2. The van der Waals surface area contributed by atoms with E-state index in [1.807, 2.05) is 0 Å². The minimum absolute atomic E-state index is 0.178. The molecule has 5 aliphatic rings. The van der Waals surface area contributed by atoms with Gasteiger partial charge in [-0.05, 0) is 116 Å². The van der Waals surface area contributed by atoms with Crippen molar-refractivity contribution >= 4 is 16.2 Å². The third-order valence-electron chi connectivity index (χ3n) is 12.9. The normalized spacial score (nSPS) is 44.6. The zero-order valence-corrected chi connectivity index (χ0v) is 26.1. The quantitative estimate of drug-likeness (QED) is 0.349. The number of carbonyl (C=O) groups is 1. The first-order valence-corrected chi connectivity index (χ1v) is 17.8. The molecule has 0 aromatic rings. The first-order valence-electron chi connectivity index (χ1n) is 16.3. The van der Waals surface area contributed by atoms with E-state index in [4.69, 9.17) is 0 Å². The van der Waals surface area contributed by atoms with Crippen LogP contribution < -0.4 is 10.0 Å². The van der Waals surface area contributed by atoms with E-state index in [-0.39, 0.29) is 29.0 Å². The van der Waals surface area contributed by atoms with Gasteiger partial charge in [-0.15, -0.1) is 0 Å². The largest absolute Gasteiger partial charge is 0.393 e. The summed E-state index contributed by atoms with van der Waals surface area (Å²) in [4.78, 5) is 12.4. The van der Waals surface area contributed by atoms with Crippen molar-refractivity contribution in [2.45, 2.75) is 117 Å². The summed E-state index contributed by atoms with van der Waals surface area (Å²) in [5.74, 6) is 2.99. The number of nitrogens with zero attached hydrogens (tertiary/aromatic N) is 1. The van der Waals surface area contributed by atoms with Crippen LogP contribution in [0.15, 0.2) is 0 Å². The fourth-order valence-corrected chi connectivity index (χ4v) is 12.0. The smallest absolute Gasteiger partial charge is 0.329 e. The van der Waals surface area contributed by atoms with Gasteiger partial charge in [0.25, 0.3) is 0 Å². The molecule has 4 N–H and O–H groups in total. The third kappa shape index (κ3) is 5.35. The molecule has 0 bridgehead atoms. The van der Waals surface area contributed by atoms with Crippen LogP contribution in [0.3, 0.4) is 0 Å². The first-order chi connectivity index (χ1) is 18.9. The van der Waals surface area contributed by atoms with E-state index >= 15 is 0 Å². The second-order valence-electron chi connectivity index (χ2n) is 14.7. The van der Waals surface area contributed by atoms with Crippen molar-refractivity contribution in [1.82, 2.24) is 14.3 Å². The monoisotopic (exact) mass is 581 g/mol. The highest BCUT2D eigenvalue weighted by Gasteiger charge is 2.64. The molecule has 0 aromatic carbocycles. The van der Waals surface area contributed by atoms with Crippen molar-refractivity contribution in [2.75, 3.05) is 19.6 Å². The van der Waals surface area contributed by atoms with Gasteiger partial charge in [0, 0.05) is 19.6 Å². The van der Waals surface area contributed by atoms with Crippen molar-refractivity contribution in [3.8, 4) is 0 Å². The second kappa shape index (κ2) is 11.6. The molecule has 0 unspecified atom stereocenters. The average Bonchev–Trinajstić information content (AvgIpc) is 3.27. The van der Waals surface area contributed by atoms with Crippen LogP contribution in [-0.2, 0) is 10.2 Å². The number of aliphatic hydroxyl groups is 2. The van der Waals surface area contributed by atoms with Crippen LogP contribution >= 0.6 is 0 Å².